The molecule has 0 aliphatic heterocycles. The predicted molar refractivity (Wildman–Crippen MR) is 64.3 cm³/mol. The number of H-pyrrole nitrogens is 1. The molecule has 4 heteroatoms. The van der Waals surface area contributed by atoms with E-state index in [0.717, 1.165) is 28.9 Å². The van der Waals surface area contributed by atoms with Gasteiger partial charge in [-0.05, 0) is 18.1 Å². The summed E-state index contributed by atoms with van der Waals surface area (Å²) in [5.41, 5.74) is 10.1. The maximum absolute atomic E-state index is 5.60. The number of para-hydroxylation sites is 1. The van der Waals surface area contributed by atoms with Crippen molar-refractivity contribution in [2.75, 3.05) is 0 Å². The van der Waals surface area contributed by atoms with Gasteiger partial charge in [0.05, 0.1) is 11.0 Å². The Hall–Kier alpha value is -1.81. The Morgan fingerprint density at radius 2 is 2.31 bits per heavy atom. The quantitative estimate of drug-likeness (QED) is 0.683. The largest absolute Gasteiger partial charge is 0.326 e. The number of benzene rings is 1. The lowest BCUT2D eigenvalue weighted by Gasteiger charge is -1.97. The van der Waals surface area contributed by atoms with Gasteiger partial charge < -0.3 is 10.7 Å². The number of rotatable bonds is 2. The molecule has 0 atom stereocenters. The first kappa shape index (κ1) is 9.42. The average molecular weight is 214 g/mol. The molecule has 16 heavy (non-hydrogen) atoms. The number of nitrogens with two attached hydrogens (primary N) is 1. The monoisotopic (exact) mass is 214 g/mol. The third kappa shape index (κ3) is 1.17. The molecule has 0 amide bonds. The van der Waals surface area contributed by atoms with Crippen molar-refractivity contribution in [2.24, 2.45) is 5.73 Å². The number of aromatic nitrogens is 3. The summed E-state index contributed by atoms with van der Waals surface area (Å²) in [5.74, 6) is 0.872. The van der Waals surface area contributed by atoms with Crippen molar-refractivity contribution >= 4 is 16.8 Å². The molecule has 0 saturated heterocycles. The Balaban J connectivity index is 2.39. The first-order valence-corrected chi connectivity index (χ1v) is 5.51. The van der Waals surface area contributed by atoms with Crippen LogP contribution in [0.15, 0.2) is 24.4 Å². The van der Waals surface area contributed by atoms with Crippen LogP contribution in [0.2, 0.25) is 0 Å². The maximum atomic E-state index is 5.60. The van der Waals surface area contributed by atoms with Crippen molar-refractivity contribution < 1.29 is 0 Å². The zero-order chi connectivity index (χ0) is 11.1. The van der Waals surface area contributed by atoms with Crippen LogP contribution >= 0.6 is 0 Å². The van der Waals surface area contributed by atoms with Gasteiger partial charge in [-0.3, -0.25) is 4.40 Å². The summed E-state index contributed by atoms with van der Waals surface area (Å²) in [6, 6.07) is 6.28. The van der Waals surface area contributed by atoms with Crippen LogP contribution < -0.4 is 5.73 Å². The minimum absolute atomic E-state index is 0.512. The van der Waals surface area contributed by atoms with Crippen molar-refractivity contribution in [3.05, 3.63) is 35.7 Å². The van der Waals surface area contributed by atoms with Crippen LogP contribution in [-0.2, 0) is 13.0 Å². The molecule has 0 aliphatic rings. The lowest BCUT2D eigenvalue weighted by molar-refractivity contribution is 1.01. The molecule has 0 aliphatic carbocycles. The standard InChI is InChI=1S/C12H14N4/c1-2-8-4-3-5-10-11(8)15-12-14-9(6-13)7-16(10)12/h3-5,7H,2,6,13H2,1H3,(H,14,15). The number of nitrogens with zero attached hydrogens (tertiary/aromatic N) is 2. The van der Waals surface area contributed by atoms with Crippen LogP contribution in [-0.4, -0.2) is 14.4 Å². The summed E-state index contributed by atoms with van der Waals surface area (Å²) >= 11 is 0. The van der Waals surface area contributed by atoms with E-state index in [1.54, 1.807) is 0 Å². The molecule has 0 radical (unpaired) electrons. The molecule has 0 unspecified atom stereocenters. The van der Waals surface area contributed by atoms with E-state index in [4.69, 9.17) is 5.73 Å². The number of aromatic amines is 1. The van der Waals surface area contributed by atoms with Gasteiger partial charge in [0, 0.05) is 18.4 Å². The fourth-order valence-corrected chi connectivity index (χ4v) is 2.11. The fourth-order valence-electron chi connectivity index (χ4n) is 2.11. The zero-order valence-corrected chi connectivity index (χ0v) is 9.20. The van der Waals surface area contributed by atoms with Gasteiger partial charge in [-0.2, -0.15) is 0 Å². The molecule has 0 fully saturated rings. The molecule has 0 saturated carbocycles. The van der Waals surface area contributed by atoms with E-state index in [1.807, 2.05) is 6.20 Å². The molecule has 3 aromatic rings. The Labute approximate surface area is 93.1 Å². The summed E-state index contributed by atoms with van der Waals surface area (Å²) in [6.07, 6.45) is 3.02. The van der Waals surface area contributed by atoms with Crippen molar-refractivity contribution in [3.8, 4) is 0 Å². The van der Waals surface area contributed by atoms with Gasteiger partial charge in [-0.1, -0.05) is 19.1 Å². The van der Waals surface area contributed by atoms with Crippen LogP contribution in [0.1, 0.15) is 18.2 Å². The van der Waals surface area contributed by atoms with E-state index in [2.05, 4.69) is 39.5 Å². The summed E-state index contributed by atoms with van der Waals surface area (Å²) < 4.78 is 2.07. The van der Waals surface area contributed by atoms with Crippen molar-refractivity contribution in [1.82, 2.24) is 14.4 Å². The number of imidazole rings is 2. The topological polar surface area (TPSA) is 59.1 Å². The second kappa shape index (κ2) is 3.35. The highest BCUT2D eigenvalue weighted by Gasteiger charge is 2.09. The Kier molecular flexibility index (Phi) is 1.97. The van der Waals surface area contributed by atoms with Gasteiger partial charge in [0.15, 0.2) is 0 Å². The second-order valence-electron chi connectivity index (χ2n) is 3.93. The number of hydrogen-bond acceptors (Lipinski definition) is 2. The third-order valence-corrected chi connectivity index (χ3v) is 2.96. The highest BCUT2D eigenvalue weighted by molar-refractivity contribution is 5.82. The molecule has 4 nitrogen and oxygen atoms in total. The Bertz CT molecular complexity index is 647. The molecule has 0 spiro atoms. The third-order valence-electron chi connectivity index (χ3n) is 2.96. The van der Waals surface area contributed by atoms with E-state index in [0.29, 0.717) is 6.54 Å². The molecular weight excluding hydrogens is 200 g/mol. The molecule has 82 valence electrons. The van der Waals surface area contributed by atoms with Gasteiger partial charge in [0.2, 0.25) is 5.78 Å². The minimum atomic E-state index is 0.512. The second-order valence-corrected chi connectivity index (χ2v) is 3.93. The van der Waals surface area contributed by atoms with Crippen LogP contribution in [0.4, 0.5) is 0 Å². The lowest BCUT2D eigenvalue weighted by atomic mass is 10.1. The lowest BCUT2D eigenvalue weighted by Crippen LogP contribution is -1.95. The Morgan fingerprint density at radius 3 is 3.06 bits per heavy atom. The van der Waals surface area contributed by atoms with Gasteiger partial charge in [0.1, 0.15) is 0 Å². The van der Waals surface area contributed by atoms with E-state index < -0.39 is 0 Å². The van der Waals surface area contributed by atoms with Crippen molar-refractivity contribution in [1.29, 1.82) is 0 Å². The maximum Gasteiger partial charge on any atom is 0.212 e. The number of fused-ring (bicyclic) bond motifs is 3. The van der Waals surface area contributed by atoms with Gasteiger partial charge in [0.25, 0.3) is 0 Å². The van der Waals surface area contributed by atoms with E-state index >= 15 is 0 Å². The minimum Gasteiger partial charge on any atom is -0.326 e. The van der Waals surface area contributed by atoms with Gasteiger partial charge in [-0.25, -0.2) is 4.98 Å². The summed E-state index contributed by atoms with van der Waals surface area (Å²) in [7, 11) is 0. The molecule has 0 bridgehead atoms. The van der Waals surface area contributed by atoms with Crippen LogP contribution in [0, 0.1) is 0 Å². The first-order chi connectivity index (χ1) is 7.83. The van der Waals surface area contributed by atoms with Gasteiger partial charge in [-0.15, -0.1) is 0 Å². The van der Waals surface area contributed by atoms with E-state index in [9.17, 15) is 0 Å². The number of hydrogen-bond donors (Lipinski definition) is 2. The molecule has 2 heterocycles. The normalized spacial score (nSPS) is 11.6. The molecule has 3 rings (SSSR count). The number of aryl methyl sites for hydroxylation is 1. The molecular formula is C12H14N4. The van der Waals surface area contributed by atoms with Crippen LogP contribution in [0.25, 0.3) is 16.8 Å². The van der Waals surface area contributed by atoms with Gasteiger partial charge >= 0.3 is 0 Å². The SMILES string of the molecule is CCc1cccc2c1nc1[nH]c(CN)cn12. The average Bonchev–Trinajstić information content (AvgIpc) is 2.85. The highest BCUT2D eigenvalue weighted by atomic mass is 15.1. The fraction of sp³-hybridized carbons (Fsp3) is 0.250. The highest BCUT2D eigenvalue weighted by Crippen LogP contribution is 2.20. The van der Waals surface area contributed by atoms with Crippen molar-refractivity contribution in [2.45, 2.75) is 19.9 Å². The predicted octanol–water partition coefficient (Wildman–Crippen LogP) is 1.84. The van der Waals surface area contributed by atoms with E-state index in [1.165, 1.54) is 5.56 Å². The number of nitrogens with one attached hydrogen (secondary N) is 1. The van der Waals surface area contributed by atoms with Crippen LogP contribution in [0.3, 0.4) is 0 Å². The van der Waals surface area contributed by atoms with Crippen LogP contribution in [0.5, 0.6) is 0 Å². The van der Waals surface area contributed by atoms with Crippen molar-refractivity contribution in [3.63, 3.8) is 0 Å². The smallest absolute Gasteiger partial charge is 0.212 e. The Morgan fingerprint density at radius 1 is 1.44 bits per heavy atom. The molecule has 1 aromatic carbocycles. The summed E-state index contributed by atoms with van der Waals surface area (Å²) in [6.45, 7) is 2.66. The first-order valence-electron chi connectivity index (χ1n) is 5.51. The molecule has 3 N–H and O–H groups in total. The van der Waals surface area contributed by atoms with E-state index in [-0.39, 0.29) is 0 Å². The summed E-state index contributed by atoms with van der Waals surface area (Å²) in [5, 5.41) is 0. The zero-order valence-electron chi connectivity index (χ0n) is 9.20. The molecule has 2 aromatic heterocycles. The summed E-state index contributed by atoms with van der Waals surface area (Å²) in [4.78, 5) is 7.82.